The van der Waals surface area contributed by atoms with Gasteiger partial charge in [-0.3, -0.25) is 0 Å². The van der Waals surface area contributed by atoms with Gasteiger partial charge in [-0.15, -0.1) is 0 Å². The van der Waals surface area contributed by atoms with E-state index >= 15 is 0 Å². The number of allylic oxidation sites excluding steroid dienone is 1. The fourth-order valence-electron chi connectivity index (χ4n) is 0.730. The summed E-state index contributed by atoms with van der Waals surface area (Å²) in [4.78, 5) is 1.05. The van der Waals surface area contributed by atoms with Gasteiger partial charge in [-0.2, -0.15) is 0 Å². The monoisotopic (exact) mass is 178 g/mol. The number of thiol groups is 1. The van der Waals surface area contributed by atoms with Crippen molar-refractivity contribution in [1.82, 2.24) is 0 Å². The van der Waals surface area contributed by atoms with Crippen molar-refractivity contribution in [2.75, 3.05) is 19.5 Å². The summed E-state index contributed by atoms with van der Waals surface area (Å²) in [5, 5.41) is 0. The second kappa shape index (κ2) is 3.78. The van der Waals surface area contributed by atoms with E-state index in [2.05, 4.69) is 46.4 Å². The zero-order chi connectivity index (χ0) is 8.36. The average molecular weight is 178 g/mol. The van der Waals surface area contributed by atoms with Gasteiger partial charge >= 0.3 is 70.4 Å². The topological polar surface area (TPSA) is 0 Å². The zero-order valence-corrected chi connectivity index (χ0v) is 9.33. The quantitative estimate of drug-likeness (QED) is 0.498. The molecule has 0 saturated carbocycles. The van der Waals surface area contributed by atoms with Crippen molar-refractivity contribution in [3.8, 4) is 0 Å². The molecular formula is C8H19PS. The normalized spacial score (nSPS) is 13.8. The standard InChI is InChI=1S/C8H19PS/c1-7(2)9(4,5)6-8(3)10/h7,9-10H,3,6H2,1-2,4-5H3. The Bertz CT molecular complexity index is 127. The van der Waals surface area contributed by atoms with Crippen molar-refractivity contribution in [3.63, 3.8) is 0 Å². The van der Waals surface area contributed by atoms with Gasteiger partial charge in [0.15, 0.2) is 0 Å². The van der Waals surface area contributed by atoms with Gasteiger partial charge in [-0.25, -0.2) is 0 Å². The van der Waals surface area contributed by atoms with E-state index in [9.17, 15) is 0 Å². The molecule has 0 aliphatic carbocycles. The first-order valence-electron chi connectivity index (χ1n) is 3.73. The van der Waals surface area contributed by atoms with Crippen molar-refractivity contribution in [3.05, 3.63) is 11.5 Å². The van der Waals surface area contributed by atoms with E-state index in [1.165, 1.54) is 0 Å². The molecule has 10 heavy (non-hydrogen) atoms. The molecule has 62 valence electrons. The molecule has 0 saturated heterocycles. The first-order chi connectivity index (χ1) is 4.36. The molecule has 0 fully saturated rings. The van der Waals surface area contributed by atoms with E-state index in [4.69, 9.17) is 0 Å². The fraction of sp³-hybridized carbons (Fsp3) is 0.750. The molecule has 0 spiro atoms. The van der Waals surface area contributed by atoms with Crippen LogP contribution in [0, 0.1) is 0 Å². The Morgan fingerprint density at radius 2 is 1.90 bits per heavy atom. The van der Waals surface area contributed by atoms with Crippen LogP contribution >= 0.6 is 19.9 Å². The van der Waals surface area contributed by atoms with Crippen molar-refractivity contribution >= 4 is 19.9 Å². The molecule has 0 aliphatic heterocycles. The summed E-state index contributed by atoms with van der Waals surface area (Å²) in [7, 11) is -1.02. The molecule has 0 aromatic heterocycles. The molecule has 0 bridgehead atoms. The van der Waals surface area contributed by atoms with E-state index in [0.717, 1.165) is 16.7 Å². The second-order valence-electron chi connectivity index (χ2n) is 3.89. The molecule has 0 aromatic carbocycles. The average Bonchev–Trinajstić information content (AvgIpc) is 1.60. The first kappa shape index (κ1) is 10.5. The van der Waals surface area contributed by atoms with E-state index < -0.39 is 7.26 Å². The van der Waals surface area contributed by atoms with Crippen molar-refractivity contribution in [2.24, 2.45) is 0 Å². The SMILES string of the molecule is C=C(S)C[PH](C)(C)C(C)C. The summed E-state index contributed by atoms with van der Waals surface area (Å²) < 4.78 is 0. The maximum atomic E-state index is 4.23. The fourth-order valence-corrected chi connectivity index (χ4v) is 3.41. The molecule has 0 atom stereocenters. The van der Waals surface area contributed by atoms with Crippen LogP contribution in [0.15, 0.2) is 11.5 Å². The summed E-state index contributed by atoms with van der Waals surface area (Å²) in [5.74, 6) is 0. The molecule has 0 nitrogen and oxygen atoms in total. The third kappa shape index (κ3) is 3.63. The Kier molecular flexibility index (Phi) is 3.98. The molecular weight excluding hydrogens is 159 g/mol. The summed E-state index contributed by atoms with van der Waals surface area (Å²) in [6.45, 7) is 13.2. The van der Waals surface area contributed by atoms with Crippen LogP contribution in [0.4, 0.5) is 0 Å². The number of rotatable bonds is 3. The molecule has 2 heteroatoms. The van der Waals surface area contributed by atoms with Crippen molar-refractivity contribution in [1.29, 1.82) is 0 Å². The Labute approximate surface area is 70.8 Å². The van der Waals surface area contributed by atoms with Gasteiger partial charge in [0.25, 0.3) is 0 Å². The van der Waals surface area contributed by atoms with E-state index in [1.807, 2.05) is 0 Å². The van der Waals surface area contributed by atoms with E-state index in [1.54, 1.807) is 0 Å². The molecule has 0 heterocycles. The number of hydrogen-bond donors (Lipinski definition) is 1. The molecule has 0 aromatic rings. The van der Waals surface area contributed by atoms with Crippen LogP contribution < -0.4 is 0 Å². The molecule has 0 unspecified atom stereocenters. The molecule has 0 radical (unpaired) electrons. The maximum absolute atomic E-state index is 4.23. The van der Waals surface area contributed by atoms with Crippen molar-refractivity contribution < 1.29 is 0 Å². The molecule has 0 aliphatic rings. The van der Waals surface area contributed by atoms with Gasteiger partial charge in [0.05, 0.1) is 0 Å². The second-order valence-corrected chi connectivity index (χ2v) is 10.0. The van der Waals surface area contributed by atoms with Gasteiger partial charge in [0.2, 0.25) is 0 Å². The van der Waals surface area contributed by atoms with Crippen LogP contribution in [-0.4, -0.2) is 25.2 Å². The predicted octanol–water partition coefficient (Wildman–Crippen LogP) is 2.85. The van der Waals surface area contributed by atoms with Gasteiger partial charge < -0.3 is 0 Å². The van der Waals surface area contributed by atoms with Crippen LogP contribution in [0.3, 0.4) is 0 Å². The van der Waals surface area contributed by atoms with Crippen LogP contribution in [0.25, 0.3) is 0 Å². The third-order valence-electron chi connectivity index (χ3n) is 2.22. The summed E-state index contributed by atoms with van der Waals surface area (Å²) in [6, 6.07) is 0. The molecule has 0 amide bonds. The summed E-state index contributed by atoms with van der Waals surface area (Å²) in [6.07, 6.45) is 1.15. The Morgan fingerprint density at radius 1 is 1.50 bits per heavy atom. The Balaban J connectivity index is 3.99. The van der Waals surface area contributed by atoms with Crippen LogP contribution in [-0.2, 0) is 0 Å². The summed E-state index contributed by atoms with van der Waals surface area (Å²) >= 11 is 4.23. The number of hydrogen-bond acceptors (Lipinski definition) is 1. The Hall–Kier alpha value is 0.520. The Morgan fingerprint density at radius 3 is 2.00 bits per heavy atom. The van der Waals surface area contributed by atoms with Gasteiger partial charge in [-0.1, -0.05) is 0 Å². The van der Waals surface area contributed by atoms with Gasteiger partial charge in [0.1, 0.15) is 0 Å². The molecule has 0 rings (SSSR count). The first-order valence-corrected chi connectivity index (χ1v) is 7.46. The van der Waals surface area contributed by atoms with Crippen LogP contribution in [0.2, 0.25) is 0 Å². The summed E-state index contributed by atoms with van der Waals surface area (Å²) in [5.41, 5.74) is 0.830. The van der Waals surface area contributed by atoms with Gasteiger partial charge in [0, 0.05) is 0 Å². The van der Waals surface area contributed by atoms with E-state index in [-0.39, 0.29) is 0 Å². The van der Waals surface area contributed by atoms with Crippen molar-refractivity contribution in [2.45, 2.75) is 19.5 Å². The third-order valence-corrected chi connectivity index (χ3v) is 7.14. The van der Waals surface area contributed by atoms with E-state index in [0.29, 0.717) is 0 Å². The minimum absolute atomic E-state index is 0.830. The minimum atomic E-state index is -1.02. The zero-order valence-electron chi connectivity index (χ0n) is 7.44. The van der Waals surface area contributed by atoms with Crippen LogP contribution in [0.5, 0.6) is 0 Å². The molecule has 0 N–H and O–H groups in total. The van der Waals surface area contributed by atoms with Gasteiger partial charge in [-0.05, 0) is 0 Å². The van der Waals surface area contributed by atoms with Crippen LogP contribution in [0.1, 0.15) is 13.8 Å². The predicted molar refractivity (Wildman–Crippen MR) is 58.3 cm³/mol.